The maximum absolute atomic E-state index is 5.69. The molecule has 124 valence electrons. The van der Waals surface area contributed by atoms with E-state index in [0.29, 0.717) is 12.6 Å². The average Bonchev–Trinajstić information content (AvgIpc) is 2.81. The largest absolute Gasteiger partial charge is 0.489 e. The van der Waals surface area contributed by atoms with Crippen molar-refractivity contribution in [2.45, 2.75) is 46.8 Å². The average molecular weight is 313 g/mol. The second kappa shape index (κ2) is 7.97. The fourth-order valence-corrected chi connectivity index (χ4v) is 2.43. The Bertz CT molecular complexity index is 660. The summed E-state index contributed by atoms with van der Waals surface area (Å²) in [6.07, 6.45) is 0. The molecule has 1 aromatic heterocycles. The number of ether oxygens (including phenoxy) is 1. The minimum absolute atomic E-state index is 0.341. The Kier molecular flexibility index (Phi) is 5.99. The SMILES string of the molecule is C=C(C)COc1cccc(CN[C@H](C)Cn2nc(C)cc2C)c1. The number of nitrogens with one attached hydrogen (secondary N) is 1. The topological polar surface area (TPSA) is 39.1 Å². The van der Waals surface area contributed by atoms with Crippen LogP contribution in [0.25, 0.3) is 0 Å². The molecule has 0 aliphatic carbocycles. The Morgan fingerprint density at radius 1 is 1.35 bits per heavy atom. The van der Waals surface area contributed by atoms with E-state index in [4.69, 9.17) is 4.74 Å². The van der Waals surface area contributed by atoms with Crippen molar-refractivity contribution in [3.63, 3.8) is 0 Å². The highest BCUT2D eigenvalue weighted by atomic mass is 16.5. The summed E-state index contributed by atoms with van der Waals surface area (Å²) in [6.45, 7) is 14.4. The molecule has 23 heavy (non-hydrogen) atoms. The molecule has 1 atom stereocenters. The van der Waals surface area contributed by atoms with Crippen molar-refractivity contribution in [1.29, 1.82) is 0 Å². The van der Waals surface area contributed by atoms with Crippen LogP contribution in [0.3, 0.4) is 0 Å². The van der Waals surface area contributed by atoms with Crippen molar-refractivity contribution in [1.82, 2.24) is 15.1 Å². The first kappa shape index (κ1) is 17.3. The Morgan fingerprint density at radius 2 is 2.13 bits per heavy atom. The third kappa shape index (κ3) is 5.57. The molecule has 0 aliphatic heterocycles. The summed E-state index contributed by atoms with van der Waals surface area (Å²) >= 11 is 0. The van der Waals surface area contributed by atoms with Crippen molar-refractivity contribution in [2.24, 2.45) is 0 Å². The molecule has 4 nitrogen and oxygen atoms in total. The van der Waals surface area contributed by atoms with Gasteiger partial charge in [-0.15, -0.1) is 0 Å². The number of hydrogen-bond acceptors (Lipinski definition) is 3. The van der Waals surface area contributed by atoms with E-state index in [-0.39, 0.29) is 0 Å². The van der Waals surface area contributed by atoms with E-state index in [1.807, 2.05) is 26.0 Å². The molecule has 2 aromatic rings. The zero-order valence-corrected chi connectivity index (χ0v) is 14.6. The lowest BCUT2D eigenvalue weighted by Gasteiger charge is -2.15. The molecule has 1 N–H and O–H groups in total. The van der Waals surface area contributed by atoms with Crippen molar-refractivity contribution in [3.05, 3.63) is 59.4 Å². The number of benzene rings is 1. The minimum atomic E-state index is 0.341. The van der Waals surface area contributed by atoms with E-state index in [1.165, 1.54) is 11.3 Å². The van der Waals surface area contributed by atoms with Gasteiger partial charge in [-0.3, -0.25) is 4.68 Å². The lowest BCUT2D eigenvalue weighted by atomic mass is 10.2. The van der Waals surface area contributed by atoms with E-state index < -0.39 is 0 Å². The first-order valence-corrected chi connectivity index (χ1v) is 8.04. The monoisotopic (exact) mass is 313 g/mol. The minimum Gasteiger partial charge on any atom is -0.489 e. The van der Waals surface area contributed by atoms with Crippen LogP contribution in [0.5, 0.6) is 5.75 Å². The molecule has 0 aliphatic rings. The molecule has 0 amide bonds. The molecule has 1 heterocycles. The van der Waals surface area contributed by atoms with Crippen LogP contribution in [-0.2, 0) is 13.1 Å². The Labute approximate surface area is 139 Å². The van der Waals surface area contributed by atoms with Crippen LogP contribution in [0.1, 0.15) is 30.8 Å². The zero-order valence-electron chi connectivity index (χ0n) is 14.6. The highest BCUT2D eigenvalue weighted by molar-refractivity contribution is 5.28. The van der Waals surface area contributed by atoms with Crippen LogP contribution < -0.4 is 10.1 Å². The van der Waals surface area contributed by atoms with E-state index >= 15 is 0 Å². The van der Waals surface area contributed by atoms with Gasteiger partial charge in [-0.1, -0.05) is 18.7 Å². The normalized spacial score (nSPS) is 12.2. The molecule has 4 heteroatoms. The van der Waals surface area contributed by atoms with Gasteiger partial charge in [0.25, 0.3) is 0 Å². The predicted octanol–water partition coefficient (Wildman–Crippen LogP) is 3.63. The second-order valence-corrected chi connectivity index (χ2v) is 6.28. The summed E-state index contributed by atoms with van der Waals surface area (Å²) in [5.41, 5.74) is 4.50. The lowest BCUT2D eigenvalue weighted by Crippen LogP contribution is -2.30. The number of hydrogen-bond donors (Lipinski definition) is 1. The fraction of sp³-hybridized carbons (Fsp3) is 0.421. The summed E-state index contributed by atoms with van der Waals surface area (Å²) in [6, 6.07) is 10.6. The maximum Gasteiger partial charge on any atom is 0.120 e. The smallest absolute Gasteiger partial charge is 0.120 e. The zero-order chi connectivity index (χ0) is 16.8. The maximum atomic E-state index is 5.69. The van der Waals surface area contributed by atoms with Crippen molar-refractivity contribution >= 4 is 0 Å². The Hall–Kier alpha value is -2.07. The lowest BCUT2D eigenvalue weighted by molar-refractivity contribution is 0.352. The van der Waals surface area contributed by atoms with Gasteiger partial charge in [-0.25, -0.2) is 0 Å². The highest BCUT2D eigenvalue weighted by Gasteiger charge is 2.07. The van der Waals surface area contributed by atoms with Crippen LogP contribution in [-0.4, -0.2) is 22.4 Å². The van der Waals surface area contributed by atoms with E-state index in [0.717, 1.165) is 30.1 Å². The number of rotatable bonds is 8. The fourth-order valence-electron chi connectivity index (χ4n) is 2.43. The molecular formula is C19H27N3O. The molecule has 0 unspecified atom stereocenters. The highest BCUT2D eigenvalue weighted by Crippen LogP contribution is 2.14. The van der Waals surface area contributed by atoms with Crippen LogP contribution in [0.2, 0.25) is 0 Å². The second-order valence-electron chi connectivity index (χ2n) is 6.28. The Balaban J connectivity index is 1.86. The van der Waals surface area contributed by atoms with Gasteiger partial charge in [-0.05, 0) is 57.0 Å². The third-order valence-corrected chi connectivity index (χ3v) is 3.59. The summed E-state index contributed by atoms with van der Waals surface area (Å²) in [5.74, 6) is 0.887. The number of aryl methyl sites for hydroxylation is 2. The molecule has 0 radical (unpaired) electrons. The van der Waals surface area contributed by atoms with Crippen LogP contribution in [0, 0.1) is 13.8 Å². The molecule has 1 aromatic carbocycles. The van der Waals surface area contributed by atoms with Crippen molar-refractivity contribution in [2.75, 3.05) is 6.61 Å². The quantitative estimate of drug-likeness (QED) is 0.756. The molecule has 0 saturated heterocycles. The summed E-state index contributed by atoms with van der Waals surface area (Å²) < 4.78 is 7.74. The van der Waals surface area contributed by atoms with Gasteiger partial charge in [0.05, 0.1) is 12.2 Å². The summed E-state index contributed by atoms with van der Waals surface area (Å²) in [5, 5.41) is 8.05. The van der Waals surface area contributed by atoms with Crippen molar-refractivity contribution < 1.29 is 4.74 Å². The molecule has 0 saturated carbocycles. The molecule has 0 fully saturated rings. The Morgan fingerprint density at radius 3 is 2.78 bits per heavy atom. The van der Waals surface area contributed by atoms with Gasteiger partial charge in [0.15, 0.2) is 0 Å². The van der Waals surface area contributed by atoms with Gasteiger partial charge < -0.3 is 10.1 Å². The van der Waals surface area contributed by atoms with Gasteiger partial charge in [-0.2, -0.15) is 5.10 Å². The molecular weight excluding hydrogens is 286 g/mol. The number of nitrogens with zero attached hydrogens (tertiary/aromatic N) is 2. The van der Waals surface area contributed by atoms with Gasteiger partial charge >= 0.3 is 0 Å². The van der Waals surface area contributed by atoms with Gasteiger partial charge in [0.1, 0.15) is 12.4 Å². The van der Waals surface area contributed by atoms with Crippen LogP contribution in [0.15, 0.2) is 42.5 Å². The summed E-state index contributed by atoms with van der Waals surface area (Å²) in [7, 11) is 0. The molecule has 2 rings (SSSR count). The molecule has 0 spiro atoms. The first-order chi connectivity index (χ1) is 10.9. The van der Waals surface area contributed by atoms with Gasteiger partial charge in [0.2, 0.25) is 0 Å². The van der Waals surface area contributed by atoms with E-state index in [9.17, 15) is 0 Å². The predicted molar refractivity (Wildman–Crippen MR) is 94.8 cm³/mol. The third-order valence-electron chi connectivity index (χ3n) is 3.59. The van der Waals surface area contributed by atoms with Crippen molar-refractivity contribution in [3.8, 4) is 5.75 Å². The number of aromatic nitrogens is 2. The van der Waals surface area contributed by atoms with Gasteiger partial charge in [0, 0.05) is 18.3 Å². The summed E-state index contributed by atoms with van der Waals surface area (Å²) in [4.78, 5) is 0. The van der Waals surface area contributed by atoms with E-state index in [1.54, 1.807) is 0 Å². The van der Waals surface area contributed by atoms with Crippen LogP contribution >= 0.6 is 0 Å². The first-order valence-electron chi connectivity index (χ1n) is 8.04. The molecule has 0 bridgehead atoms. The standard InChI is InChI=1S/C19H27N3O/c1-14(2)13-23-19-8-6-7-18(10-19)11-20-16(4)12-22-17(5)9-15(3)21-22/h6-10,16,20H,1,11-13H2,2-5H3/t16-/m1/s1. The van der Waals surface area contributed by atoms with E-state index in [2.05, 4.69) is 53.7 Å². The van der Waals surface area contributed by atoms with Crippen LogP contribution in [0.4, 0.5) is 0 Å².